The third-order valence-corrected chi connectivity index (χ3v) is 4.48. The molecule has 1 fully saturated rings. The van der Waals surface area contributed by atoms with Crippen LogP contribution in [0.3, 0.4) is 0 Å². The molecule has 1 aliphatic rings. The van der Waals surface area contributed by atoms with Crippen molar-refractivity contribution < 1.29 is 4.79 Å². The maximum absolute atomic E-state index is 13.0. The van der Waals surface area contributed by atoms with E-state index in [1.54, 1.807) is 0 Å². The van der Waals surface area contributed by atoms with Crippen molar-refractivity contribution in [3.05, 3.63) is 23.0 Å². The molecule has 116 valence electrons. The van der Waals surface area contributed by atoms with E-state index < -0.39 is 0 Å². The van der Waals surface area contributed by atoms with E-state index in [1.807, 2.05) is 31.7 Å². The maximum atomic E-state index is 13.0. The summed E-state index contributed by atoms with van der Waals surface area (Å²) in [5.74, 6) is 0.507. The molecular weight excluding hydrogens is 264 g/mol. The maximum Gasteiger partial charge on any atom is 0.256 e. The lowest BCUT2D eigenvalue weighted by atomic mass is 10.0. The van der Waals surface area contributed by atoms with Crippen LogP contribution >= 0.6 is 0 Å². The fourth-order valence-electron chi connectivity index (χ4n) is 3.35. The second kappa shape index (κ2) is 6.98. The Labute approximate surface area is 126 Å². The molecule has 1 amide bonds. The van der Waals surface area contributed by atoms with Gasteiger partial charge in [0.15, 0.2) is 0 Å². The molecule has 2 atom stereocenters. The Morgan fingerprint density at radius 1 is 1.38 bits per heavy atom. The van der Waals surface area contributed by atoms with Gasteiger partial charge >= 0.3 is 0 Å². The van der Waals surface area contributed by atoms with Crippen molar-refractivity contribution in [3.63, 3.8) is 0 Å². The highest BCUT2D eigenvalue weighted by molar-refractivity contribution is 5.95. The fourth-order valence-corrected chi connectivity index (χ4v) is 3.35. The molecule has 21 heavy (non-hydrogen) atoms. The van der Waals surface area contributed by atoms with Gasteiger partial charge in [-0.25, -0.2) is 0 Å². The van der Waals surface area contributed by atoms with E-state index in [2.05, 4.69) is 10.2 Å². The minimum Gasteiger partial charge on any atom is -0.336 e. The van der Waals surface area contributed by atoms with Gasteiger partial charge in [-0.1, -0.05) is 13.3 Å². The molecule has 5 nitrogen and oxygen atoms in total. The first-order valence-corrected chi connectivity index (χ1v) is 7.96. The molecule has 0 radical (unpaired) electrons. The van der Waals surface area contributed by atoms with E-state index in [0.29, 0.717) is 24.6 Å². The molecule has 2 rings (SSSR count). The Morgan fingerprint density at radius 2 is 2.14 bits per heavy atom. The first kappa shape index (κ1) is 15.9. The van der Waals surface area contributed by atoms with Crippen LogP contribution in [0.1, 0.15) is 54.9 Å². The predicted octanol–water partition coefficient (Wildman–Crippen LogP) is 1.94. The molecule has 0 aliphatic heterocycles. The lowest BCUT2D eigenvalue weighted by Gasteiger charge is -2.32. The van der Waals surface area contributed by atoms with Gasteiger partial charge < -0.3 is 10.6 Å². The summed E-state index contributed by atoms with van der Waals surface area (Å²) < 4.78 is 0. The van der Waals surface area contributed by atoms with Crippen LogP contribution in [0.2, 0.25) is 0 Å². The second-order valence-corrected chi connectivity index (χ2v) is 5.78. The van der Waals surface area contributed by atoms with Crippen molar-refractivity contribution in [1.82, 2.24) is 15.1 Å². The summed E-state index contributed by atoms with van der Waals surface area (Å²) in [5.41, 5.74) is 8.15. The van der Waals surface area contributed by atoms with Gasteiger partial charge in [0.05, 0.1) is 17.0 Å². The molecule has 1 saturated carbocycles. The number of nitrogens with zero attached hydrogens (tertiary/aromatic N) is 3. The third-order valence-electron chi connectivity index (χ3n) is 4.48. The molecular formula is C16H26N4O. The van der Waals surface area contributed by atoms with Crippen LogP contribution in [-0.2, 0) is 6.42 Å². The quantitative estimate of drug-likeness (QED) is 0.899. The molecule has 1 aromatic heterocycles. The van der Waals surface area contributed by atoms with Crippen molar-refractivity contribution >= 4 is 5.91 Å². The van der Waals surface area contributed by atoms with Gasteiger partial charge in [0, 0.05) is 12.6 Å². The van der Waals surface area contributed by atoms with E-state index >= 15 is 0 Å². The van der Waals surface area contributed by atoms with Crippen molar-refractivity contribution in [1.29, 1.82) is 0 Å². The van der Waals surface area contributed by atoms with E-state index in [0.717, 1.165) is 37.1 Å². The topological polar surface area (TPSA) is 72.1 Å². The summed E-state index contributed by atoms with van der Waals surface area (Å²) in [6.07, 6.45) is 4.06. The first-order valence-electron chi connectivity index (χ1n) is 7.96. The van der Waals surface area contributed by atoms with Gasteiger partial charge in [-0.15, -0.1) is 0 Å². The monoisotopic (exact) mass is 290 g/mol. The molecule has 0 spiro atoms. The molecule has 5 heteroatoms. The molecule has 0 saturated heterocycles. The summed E-state index contributed by atoms with van der Waals surface area (Å²) in [7, 11) is 0. The van der Waals surface area contributed by atoms with Gasteiger partial charge in [-0.05, 0) is 51.6 Å². The highest BCUT2D eigenvalue weighted by Crippen LogP contribution is 2.30. The Morgan fingerprint density at radius 3 is 2.76 bits per heavy atom. The van der Waals surface area contributed by atoms with Crippen LogP contribution in [0, 0.1) is 12.8 Å². The van der Waals surface area contributed by atoms with E-state index in [1.165, 1.54) is 0 Å². The minimum absolute atomic E-state index is 0.0812. The molecule has 1 aromatic rings. The minimum atomic E-state index is 0.0812. The van der Waals surface area contributed by atoms with Crippen LogP contribution in [0.25, 0.3) is 0 Å². The van der Waals surface area contributed by atoms with Crippen LogP contribution < -0.4 is 5.73 Å². The number of rotatable bonds is 5. The van der Waals surface area contributed by atoms with Gasteiger partial charge in [-0.2, -0.15) is 10.2 Å². The molecule has 1 heterocycles. The van der Waals surface area contributed by atoms with Crippen LogP contribution in [0.5, 0.6) is 0 Å². The number of aryl methyl sites for hydroxylation is 2. The fraction of sp³-hybridized carbons (Fsp3) is 0.688. The largest absolute Gasteiger partial charge is 0.336 e. The van der Waals surface area contributed by atoms with Gasteiger partial charge in [0.1, 0.15) is 0 Å². The molecule has 2 unspecified atom stereocenters. The van der Waals surface area contributed by atoms with Crippen molar-refractivity contribution in [2.24, 2.45) is 11.7 Å². The van der Waals surface area contributed by atoms with E-state index in [4.69, 9.17) is 5.73 Å². The highest BCUT2D eigenvalue weighted by Gasteiger charge is 2.34. The van der Waals surface area contributed by atoms with Crippen LogP contribution in [-0.4, -0.2) is 40.1 Å². The van der Waals surface area contributed by atoms with Crippen molar-refractivity contribution in [2.75, 3.05) is 13.1 Å². The lowest BCUT2D eigenvalue weighted by Crippen LogP contribution is -2.44. The second-order valence-electron chi connectivity index (χ2n) is 5.78. The normalized spacial score (nSPS) is 21.5. The Balaban J connectivity index is 2.30. The van der Waals surface area contributed by atoms with Gasteiger partial charge in [0.25, 0.3) is 5.91 Å². The average Bonchev–Trinajstić information content (AvgIpc) is 2.96. The Hall–Kier alpha value is -1.49. The third kappa shape index (κ3) is 3.23. The number of amides is 1. The number of aromatic nitrogens is 2. The predicted molar refractivity (Wildman–Crippen MR) is 83.0 cm³/mol. The molecule has 2 N–H and O–H groups in total. The average molecular weight is 290 g/mol. The standard InChI is InChI=1S/C16H26N4O/c1-4-14-13(9-11(3)18-19-14)16(21)20(5-2)15-8-6-7-12(15)10-17/h9,12,15H,4-8,10,17H2,1-3H3. The van der Waals surface area contributed by atoms with Crippen LogP contribution in [0.15, 0.2) is 6.07 Å². The summed E-state index contributed by atoms with van der Waals surface area (Å²) >= 11 is 0. The van der Waals surface area contributed by atoms with Crippen LogP contribution in [0.4, 0.5) is 0 Å². The van der Waals surface area contributed by atoms with E-state index in [9.17, 15) is 4.79 Å². The zero-order valence-electron chi connectivity index (χ0n) is 13.3. The number of carbonyl (C=O) groups is 1. The number of nitrogens with two attached hydrogens (primary N) is 1. The summed E-state index contributed by atoms with van der Waals surface area (Å²) in [4.78, 5) is 15.0. The van der Waals surface area contributed by atoms with Crippen molar-refractivity contribution in [3.8, 4) is 0 Å². The SMILES string of the molecule is CCc1nnc(C)cc1C(=O)N(CC)C1CCCC1CN. The molecule has 0 bridgehead atoms. The molecule has 1 aliphatic carbocycles. The number of hydrogen-bond donors (Lipinski definition) is 1. The summed E-state index contributed by atoms with van der Waals surface area (Å²) in [5, 5.41) is 8.24. The summed E-state index contributed by atoms with van der Waals surface area (Å²) in [6, 6.07) is 2.13. The summed E-state index contributed by atoms with van der Waals surface area (Å²) in [6.45, 7) is 7.28. The highest BCUT2D eigenvalue weighted by atomic mass is 16.2. The molecule has 0 aromatic carbocycles. The number of hydrogen-bond acceptors (Lipinski definition) is 4. The van der Waals surface area contributed by atoms with Crippen molar-refractivity contribution in [2.45, 2.75) is 52.5 Å². The van der Waals surface area contributed by atoms with Gasteiger partial charge in [-0.3, -0.25) is 4.79 Å². The number of carbonyl (C=O) groups excluding carboxylic acids is 1. The zero-order chi connectivity index (χ0) is 15.4. The van der Waals surface area contributed by atoms with E-state index in [-0.39, 0.29) is 11.9 Å². The Bertz CT molecular complexity index is 503. The zero-order valence-corrected chi connectivity index (χ0v) is 13.3. The lowest BCUT2D eigenvalue weighted by molar-refractivity contribution is 0.0650. The Kier molecular flexibility index (Phi) is 5.28. The first-order chi connectivity index (χ1) is 10.1. The van der Waals surface area contributed by atoms with Gasteiger partial charge in [0.2, 0.25) is 0 Å². The smallest absolute Gasteiger partial charge is 0.256 e.